The van der Waals surface area contributed by atoms with Crippen molar-refractivity contribution in [1.82, 2.24) is 0 Å². The largest absolute Gasteiger partial charge is 0.369 e. The molecule has 5 nitrogen and oxygen atoms in total. The lowest BCUT2D eigenvalue weighted by atomic mass is 9.89. The molecule has 0 spiro atoms. The third-order valence-electron chi connectivity index (χ3n) is 3.87. The highest BCUT2D eigenvalue weighted by Gasteiger charge is 2.20. The molecule has 0 aromatic heterocycles. The number of primary amides is 1. The van der Waals surface area contributed by atoms with E-state index in [9.17, 15) is 13.2 Å². The van der Waals surface area contributed by atoms with E-state index in [-0.39, 0.29) is 16.7 Å². The lowest BCUT2D eigenvalue weighted by Crippen LogP contribution is -2.22. The molecule has 0 heterocycles. The number of nitrogens with two attached hydrogens (primary N) is 2. The molecule has 0 bridgehead atoms. The van der Waals surface area contributed by atoms with Crippen LogP contribution < -0.4 is 10.9 Å². The highest BCUT2D eigenvalue weighted by molar-refractivity contribution is 7.89. The van der Waals surface area contributed by atoms with Crippen molar-refractivity contribution in [2.75, 3.05) is 0 Å². The van der Waals surface area contributed by atoms with Crippen molar-refractivity contribution in [3.63, 3.8) is 0 Å². The minimum absolute atomic E-state index is 0.0754. The van der Waals surface area contributed by atoms with Crippen LogP contribution in [0, 0.1) is 5.92 Å². The molecule has 1 unspecified atom stereocenters. The Kier molecular flexibility index (Phi) is 5.41. The zero-order chi connectivity index (χ0) is 17.9. The van der Waals surface area contributed by atoms with E-state index >= 15 is 0 Å². The van der Waals surface area contributed by atoms with Crippen LogP contribution >= 0.6 is 0 Å². The highest BCUT2D eigenvalue weighted by Crippen LogP contribution is 2.29. The molecular weight excluding hydrogens is 324 g/mol. The summed E-state index contributed by atoms with van der Waals surface area (Å²) in [6, 6.07) is 13.8. The number of carbonyl (C=O) groups excluding carboxylic acids is 1. The molecule has 0 aliphatic rings. The van der Waals surface area contributed by atoms with E-state index in [0.29, 0.717) is 17.9 Å². The van der Waals surface area contributed by atoms with E-state index in [0.717, 1.165) is 11.1 Å². The van der Waals surface area contributed by atoms with E-state index < -0.39 is 10.0 Å². The molecular formula is C18H22N2O3S. The maximum atomic E-state index is 11.7. The van der Waals surface area contributed by atoms with Crippen molar-refractivity contribution in [1.29, 1.82) is 0 Å². The molecule has 0 aliphatic carbocycles. The van der Waals surface area contributed by atoms with Crippen LogP contribution in [0.2, 0.25) is 0 Å². The minimum Gasteiger partial charge on any atom is -0.369 e. The summed E-state index contributed by atoms with van der Waals surface area (Å²) in [5.41, 5.74) is 7.59. The fourth-order valence-corrected chi connectivity index (χ4v) is 3.50. The van der Waals surface area contributed by atoms with Gasteiger partial charge in [-0.25, -0.2) is 13.6 Å². The van der Waals surface area contributed by atoms with Gasteiger partial charge in [0.05, 0.1) is 10.8 Å². The van der Waals surface area contributed by atoms with Gasteiger partial charge in [-0.1, -0.05) is 56.3 Å². The van der Waals surface area contributed by atoms with Crippen LogP contribution in [0.25, 0.3) is 11.1 Å². The van der Waals surface area contributed by atoms with Crippen molar-refractivity contribution in [2.45, 2.75) is 31.1 Å². The third kappa shape index (κ3) is 4.21. The standard InChI is InChI=1S/C18H22N2O3S/c1-12(2)11-16(18(19)21)14-9-7-13(8-10-14)15-5-3-4-6-17(15)24(20,22)23/h3-10,12,16H,11H2,1-2H3,(H2,19,21)(H2,20,22,23). The number of amides is 1. The zero-order valence-electron chi connectivity index (χ0n) is 13.8. The molecule has 0 saturated heterocycles. The maximum absolute atomic E-state index is 11.7. The Bertz CT molecular complexity index is 828. The predicted molar refractivity (Wildman–Crippen MR) is 94.6 cm³/mol. The second-order valence-corrected chi connectivity index (χ2v) is 7.78. The van der Waals surface area contributed by atoms with Gasteiger partial charge in [0.25, 0.3) is 0 Å². The van der Waals surface area contributed by atoms with Crippen LogP contribution in [0.1, 0.15) is 31.7 Å². The van der Waals surface area contributed by atoms with Gasteiger partial charge >= 0.3 is 0 Å². The second kappa shape index (κ2) is 7.15. The van der Waals surface area contributed by atoms with Gasteiger partial charge in [0, 0.05) is 5.56 Å². The molecule has 6 heteroatoms. The number of carbonyl (C=O) groups is 1. The average Bonchev–Trinajstić information content (AvgIpc) is 2.51. The summed E-state index contributed by atoms with van der Waals surface area (Å²) in [7, 11) is -3.81. The lowest BCUT2D eigenvalue weighted by molar-refractivity contribution is -0.119. The Morgan fingerprint density at radius 2 is 1.62 bits per heavy atom. The molecule has 1 amide bonds. The first kappa shape index (κ1) is 18.2. The summed E-state index contributed by atoms with van der Waals surface area (Å²) in [5.74, 6) is -0.376. The second-order valence-electron chi connectivity index (χ2n) is 6.25. The molecule has 24 heavy (non-hydrogen) atoms. The number of rotatable bonds is 6. The van der Waals surface area contributed by atoms with Crippen LogP contribution in [0.3, 0.4) is 0 Å². The third-order valence-corrected chi connectivity index (χ3v) is 4.84. The van der Waals surface area contributed by atoms with Gasteiger partial charge in [-0.05, 0) is 29.5 Å². The Hall–Kier alpha value is -2.18. The van der Waals surface area contributed by atoms with E-state index in [1.54, 1.807) is 30.3 Å². The quantitative estimate of drug-likeness (QED) is 0.840. The fourth-order valence-electron chi connectivity index (χ4n) is 2.74. The number of sulfonamides is 1. The highest BCUT2D eigenvalue weighted by atomic mass is 32.2. The van der Waals surface area contributed by atoms with Gasteiger partial charge in [-0.3, -0.25) is 4.79 Å². The first-order valence-electron chi connectivity index (χ1n) is 7.71. The van der Waals surface area contributed by atoms with Crippen molar-refractivity contribution < 1.29 is 13.2 Å². The summed E-state index contributed by atoms with van der Waals surface area (Å²) in [6.45, 7) is 4.07. The van der Waals surface area contributed by atoms with Gasteiger partial charge in [0.2, 0.25) is 15.9 Å². The number of hydrogen-bond donors (Lipinski definition) is 2. The molecule has 2 aromatic rings. The van der Waals surface area contributed by atoms with E-state index in [1.807, 2.05) is 26.0 Å². The van der Waals surface area contributed by atoms with Crippen LogP contribution in [-0.2, 0) is 14.8 Å². The van der Waals surface area contributed by atoms with Crippen LogP contribution in [0.5, 0.6) is 0 Å². The van der Waals surface area contributed by atoms with Crippen molar-refractivity contribution in [2.24, 2.45) is 16.8 Å². The molecule has 1 atom stereocenters. The Morgan fingerprint density at radius 1 is 1.04 bits per heavy atom. The zero-order valence-corrected chi connectivity index (χ0v) is 14.6. The van der Waals surface area contributed by atoms with Crippen LogP contribution in [0.4, 0.5) is 0 Å². The maximum Gasteiger partial charge on any atom is 0.238 e. The molecule has 0 radical (unpaired) electrons. The summed E-state index contributed by atoms with van der Waals surface area (Å²) in [6.07, 6.45) is 0.669. The van der Waals surface area contributed by atoms with Gasteiger partial charge in [0.1, 0.15) is 0 Å². The van der Waals surface area contributed by atoms with E-state index in [2.05, 4.69) is 0 Å². The topological polar surface area (TPSA) is 103 Å². The summed E-state index contributed by atoms with van der Waals surface area (Å²) < 4.78 is 23.5. The van der Waals surface area contributed by atoms with Gasteiger partial charge in [-0.2, -0.15) is 0 Å². The average molecular weight is 346 g/mol. The molecule has 2 aromatic carbocycles. The van der Waals surface area contributed by atoms with Crippen LogP contribution in [-0.4, -0.2) is 14.3 Å². The smallest absolute Gasteiger partial charge is 0.238 e. The summed E-state index contributed by atoms with van der Waals surface area (Å²) in [5, 5.41) is 5.28. The predicted octanol–water partition coefficient (Wildman–Crippen LogP) is 2.62. The van der Waals surface area contributed by atoms with Gasteiger partial charge < -0.3 is 5.73 Å². The van der Waals surface area contributed by atoms with Gasteiger partial charge in [0.15, 0.2) is 0 Å². The molecule has 4 N–H and O–H groups in total. The number of primary sulfonamides is 1. The van der Waals surface area contributed by atoms with E-state index in [1.165, 1.54) is 6.07 Å². The van der Waals surface area contributed by atoms with Crippen LogP contribution in [0.15, 0.2) is 53.4 Å². The lowest BCUT2D eigenvalue weighted by Gasteiger charge is -2.17. The molecule has 0 saturated carbocycles. The summed E-state index contributed by atoms with van der Waals surface area (Å²) >= 11 is 0. The first-order valence-corrected chi connectivity index (χ1v) is 9.26. The number of benzene rings is 2. The van der Waals surface area contributed by atoms with E-state index in [4.69, 9.17) is 10.9 Å². The monoisotopic (exact) mass is 346 g/mol. The minimum atomic E-state index is -3.81. The fraction of sp³-hybridized carbons (Fsp3) is 0.278. The molecule has 0 aliphatic heterocycles. The first-order chi connectivity index (χ1) is 11.2. The van der Waals surface area contributed by atoms with Crippen molar-refractivity contribution in [3.05, 3.63) is 54.1 Å². The van der Waals surface area contributed by atoms with Gasteiger partial charge in [-0.15, -0.1) is 0 Å². The molecule has 0 fully saturated rings. The SMILES string of the molecule is CC(C)CC(C(N)=O)c1ccc(-c2ccccc2S(N)(=O)=O)cc1. The van der Waals surface area contributed by atoms with Crippen molar-refractivity contribution >= 4 is 15.9 Å². The normalized spacial score (nSPS) is 13.0. The van der Waals surface area contributed by atoms with Crippen molar-refractivity contribution in [3.8, 4) is 11.1 Å². The summed E-state index contributed by atoms with van der Waals surface area (Å²) in [4.78, 5) is 11.8. The Labute approximate surface area is 142 Å². The Morgan fingerprint density at radius 3 is 2.12 bits per heavy atom. The number of hydrogen-bond acceptors (Lipinski definition) is 3. The Balaban J connectivity index is 2.42. The molecule has 128 valence electrons. The molecule has 2 rings (SSSR count).